The molecule has 1 nitrogen and oxygen atoms in total. The maximum atomic E-state index is 14.3. The molecule has 1 unspecified atom stereocenters. The molecule has 0 spiro atoms. The molecule has 2 aromatic rings. The van der Waals surface area contributed by atoms with Crippen LogP contribution in [0.15, 0.2) is 23.6 Å². The Morgan fingerprint density at radius 1 is 1.30 bits per heavy atom. The van der Waals surface area contributed by atoms with Crippen molar-refractivity contribution >= 4 is 22.9 Å². The molecule has 0 amide bonds. The molecule has 5 heteroatoms. The predicted molar refractivity (Wildman–Crippen MR) is 80.6 cm³/mol. The zero-order valence-electron chi connectivity index (χ0n) is 11.3. The van der Waals surface area contributed by atoms with Gasteiger partial charge in [-0.3, -0.25) is 0 Å². The number of thiophene rings is 1. The van der Waals surface area contributed by atoms with E-state index in [0.717, 1.165) is 11.3 Å². The molecule has 1 atom stereocenters. The van der Waals surface area contributed by atoms with Crippen LogP contribution in [0.1, 0.15) is 35.4 Å². The van der Waals surface area contributed by atoms with Crippen molar-refractivity contribution in [3.05, 3.63) is 56.2 Å². The molecule has 0 saturated carbocycles. The summed E-state index contributed by atoms with van der Waals surface area (Å²) >= 11 is 7.53. The van der Waals surface area contributed by atoms with Crippen molar-refractivity contribution in [2.45, 2.75) is 26.3 Å². The van der Waals surface area contributed by atoms with Crippen molar-refractivity contribution in [2.24, 2.45) is 0 Å². The van der Waals surface area contributed by atoms with E-state index in [-0.39, 0.29) is 5.56 Å². The van der Waals surface area contributed by atoms with Gasteiger partial charge in [0.15, 0.2) is 0 Å². The summed E-state index contributed by atoms with van der Waals surface area (Å²) in [6.07, 6.45) is 0.870. The average molecular weight is 316 g/mol. The van der Waals surface area contributed by atoms with Crippen LogP contribution in [0.3, 0.4) is 0 Å². The van der Waals surface area contributed by atoms with Crippen LogP contribution in [-0.2, 0) is 0 Å². The second-order valence-electron chi connectivity index (χ2n) is 4.61. The van der Waals surface area contributed by atoms with E-state index in [0.29, 0.717) is 17.1 Å². The summed E-state index contributed by atoms with van der Waals surface area (Å²) < 4.78 is 28.5. The van der Waals surface area contributed by atoms with Crippen molar-refractivity contribution in [3.63, 3.8) is 0 Å². The Balaban J connectivity index is 2.52. The molecular weight excluding hydrogens is 300 g/mol. The molecule has 20 heavy (non-hydrogen) atoms. The Kier molecular flexibility index (Phi) is 5.13. The standard InChI is InChI=1S/C15H16ClF2NS/c1-3-7-19-14(15-10(16)6-8-20-15)12-11(17)5-4-9(2)13(12)18/h4-6,8,14,19H,3,7H2,1-2H3. The second-order valence-corrected chi connectivity index (χ2v) is 5.97. The lowest BCUT2D eigenvalue weighted by Crippen LogP contribution is -2.25. The Morgan fingerprint density at radius 3 is 2.65 bits per heavy atom. The van der Waals surface area contributed by atoms with Gasteiger partial charge in [0.05, 0.1) is 11.1 Å². The Labute approximate surface area is 126 Å². The number of benzene rings is 1. The van der Waals surface area contributed by atoms with Gasteiger partial charge in [-0.2, -0.15) is 0 Å². The van der Waals surface area contributed by atoms with E-state index in [1.54, 1.807) is 13.0 Å². The SMILES string of the molecule is CCCNC(c1sccc1Cl)c1c(F)ccc(C)c1F. The smallest absolute Gasteiger partial charge is 0.134 e. The highest BCUT2D eigenvalue weighted by atomic mass is 35.5. The summed E-state index contributed by atoms with van der Waals surface area (Å²) in [6, 6.07) is 3.94. The van der Waals surface area contributed by atoms with Crippen molar-refractivity contribution in [3.8, 4) is 0 Å². The Hall–Kier alpha value is -0.970. The zero-order valence-corrected chi connectivity index (χ0v) is 12.9. The van der Waals surface area contributed by atoms with Gasteiger partial charge in [-0.25, -0.2) is 8.78 Å². The van der Waals surface area contributed by atoms with E-state index >= 15 is 0 Å². The molecule has 0 aliphatic rings. The monoisotopic (exact) mass is 315 g/mol. The summed E-state index contributed by atoms with van der Waals surface area (Å²) in [6.45, 7) is 4.29. The second kappa shape index (κ2) is 6.66. The molecule has 0 aliphatic heterocycles. The number of halogens is 3. The van der Waals surface area contributed by atoms with Crippen molar-refractivity contribution in [2.75, 3.05) is 6.54 Å². The van der Waals surface area contributed by atoms with E-state index in [9.17, 15) is 8.78 Å². The van der Waals surface area contributed by atoms with Crippen LogP contribution in [0.5, 0.6) is 0 Å². The molecule has 0 radical (unpaired) electrons. The number of hydrogen-bond acceptors (Lipinski definition) is 2. The van der Waals surface area contributed by atoms with Crippen LogP contribution in [0.25, 0.3) is 0 Å². The molecule has 108 valence electrons. The summed E-state index contributed by atoms with van der Waals surface area (Å²) in [7, 11) is 0. The van der Waals surface area contributed by atoms with Gasteiger partial charge in [0, 0.05) is 10.4 Å². The van der Waals surface area contributed by atoms with E-state index in [1.807, 2.05) is 12.3 Å². The summed E-state index contributed by atoms with van der Waals surface area (Å²) in [4.78, 5) is 0.739. The van der Waals surface area contributed by atoms with Crippen LogP contribution in [0.2, 0.25) is 5.02 Å². The van der Waals surface area contributed by atoms with E-state index in [4.69, 9.17) is 11.6 Å². The lowest BCUT2D eigenvalue weighted by molar-refractivity contribution is 0.502. The minimum absolute atomic E-state index is 0.0443. The molecule has 2 rings (SSSR count). The van der Waals surface area contributed by atoms with E-state index < -0.39 is 17.7 Å². The number of hydrogen-bond donors (Lipinski definition) is 1. The first-order valence-corrected chi connectivity index (χ1v) is 7.72. The zero-order chi connectivity index (χ0) is 14.7. The first-order valence-electron chi connectivity index (χ1n) is 6.47. The van der Waals surface area contributed by atoms with E-state index in [2.05, 4.69) is 5.32 Å². The van der Waals surface area contributed by atoms with Crippen molar-refractivity contribution in [1.29, 1.82) is 0 Å². The molecule has 0 aliphatic carbocycles. The molecular formula is C15H16ClF2NS. The van der Waals surface area contributed by atoms with Gasteiger partial charge in [0.2, 0.25) is 0 Å². The first-order chi connectivity index (χ1) is 9.56. The van der Waals surface area contributed by atoms with Crippen LogP contribution in [-0.4, -0.2) is 6.54 Å². The van der Waals surface area contributed by atoms with Crippen LogP contribution in [0.4, 0.5) is 8.78 Å². The summed E-state index contributed by atoms with van der Waals surface area (Å²) in [5.74, 6) is -1.06. The fourth-order valence-electron chi connectivity index (χ4n) is 2.07. The summed E-state index contributed by atoms with van der Waals surface area (Å²) in [5.41, 5.74) is 0.472. The molecule has 1 N–H and O–H groups in total. The largest absolute Gasteiger partial charge is 0.305 e. The quantitative estimate of drug-likeness (QED) is 0.811. The van der Waals surface area contributed by atoms with Gasteiger partial charge in [-0.15, -0.1) is 11.3 Å². The molecule has 0 fully saturated rings. The minimum atomic E-state index is -0.553. The van der Waals surface area contributed by atoms with Gasteiger partial charge >= 0.3 is 0 Å². The highest BCUT2D eigenvalue weighted by Gasteiger charge is 2.25. The van der Waals surface area contributed by atoms with Gasteiger partial charge in [-0.05, 0) is 43.0 Å². The fraction of sp³-hybridized carbons (Fsp3) is 0.333. The molecule has 1 aromatic heterocycles. The van der Waals surface area contributed by atoms with E-state index in [1.165, 1.54) is 23.5 Å². The molecule has 1 aromatic carbocycles. The average Bonchev–Trinajstić information content (AvgIpc) is 2.84. The highest BCUT2D eigenvalue weighted by Crippen LogP contribution is 2.35. The maximum absolute atomic E-state index is 14.3. The van der Waals surface area contributed by atoms with Gasteiger partial charge in [0.25, 0.3) is 0 Å². The third kappa shape index (κ3) is 3.03. The van der Waals surface area contributed by atoms with Gasteiger partial charge in [0.1, 0.15) is 11.6 Å². The van der Waals surface area contributed by atoms with Gasteiger partial charge < -0.3 is 5.32 Å². The number of aryl methyl sites for hydroxylation is 1. The fourth-order valence-corrected chi connectivity index (χ4v) is 3.32. The Bertz CT molecular complexity index is 598. The van der Waals surface area contributed by atoms with Gasteiger partial charge in [-0.1, -0.05) is 24.6 Å². The highest BCUT2D eigenvalue weighted by molar-refractivity contribution is 7.10. The lowest BCUT2D eigenvalue weighted by atomic mass is 10.0. The molecule has 1 heterocycles. The number of rotatable bonds is 5. The normalized spacial score (nSPS) is 12.7. The van der Waals surface area contributed by atoms with Crippen LogP contribution in [0, 0.1) is 18.6 Å². The molecule has 0 bridgehead atoms. The predicted octanol–water partition coefficient (Wildman–Crippen LogP) is 5.08. The topological polar surface area (TPSA) is 12.0 Å². The lowest BCUT2D eigenvalue weighted by Gasteiger charge is -2.20. The third-order valence-electron chi connectivity index (χ3n) is 3.11. The number of nitrogens with one attached hydrogen (secondary N) is 1. The minimum Gasteiger partial charge on any atom is -0.305 e. The first kappa shape index (κ1) is 15.4. The Morgan fingerprint density at radius 2 is 2.05 bits per heavy atom. The third-order valence-corrected chi connectivity index (χ3v) is 4.54. The van der Waals surface area contributed by atoms with Crippen LogP contribution < -0.4 is 5.32 Å². The molecule has 0 saturated heterocycles. The van der Waals surface area contributed by atoms with Crippen LogP contribution >= 0.6 is 22.9 Å². The summed E-state index contributed by atoms with van der Waals surface area (Å²) in [5, 5.41) is 5.54. The van der Waals surface area contributed by atoms with Crippen molar-refractivity contribution < 1.29 is 8.78 Å². The van der Waals surface area contributed by atoms with Crippen molar-refractivity contribution in [1.82, 2.24) is 5.32 Å². The maximum Gasteiger partial charge on any atom is 0.134 e.